The molecular formula is C19H24O2S. The number of hydrogen-bond acceptors (Lipinski definition) is 3. The molecule has 0 N–H and O–H groups in total. The molecule has 6 atom stereocenters. The van der Waals surface area contributed by atoms with Crippen LogP contribution in [0.3, 0.4) is 0 Å². The normalized spacial score (nSPS) is 50.2. The third-order valence-corrected chi connectivity index (χ3v) is 7.81. The number of hydrogen-bond donors (Lipinski definition) is 1. The topological polar surface area (TPSA) is 34.1 Å². The Morgan fingerprint density at radius 2 is 1.95 bits per heavy atom. The summed E-state index contributed by atoms with van der Waals surface area (Å²) in [4.78, 5) is 24.2. The van der Waals surface area contributed by atoms with Gasteiger partial charge in [-0.2, -0.15) is 12.6 Å². The maximum atomic E-state index is 12.4. The van der Waals surface area contributed by atoms with Crippen molar-refractivity contribution in [3.63, 3.8) is 0 Å². The van der Waals surface area contributed by atoms with Crippen LogP contribution in [0, 0.1) is 28.6 Å². The van der Waals surface area contributed by atoms with E-state index in [2.05, 4.69) is 19.9 Å². The van der Waals surface area contributed by atoms with Gasteiger partial charge in [0.15, 0.2) is 5.78 Å². The number of carbonyl (C=O) groups is 2. The summed E-state index contributed by atoms with van der Waals surface area (Å²) in [6.45, 7) is 4.48. The molecular weight excluding hydrogens is 292 g/mol. The predicted molar refractivity (Wildman–Crippen MR) is 89.8 cm³/mol. The first-order valence-electron chi connectivity index (χ1n) is 8.52. The molecule has 0 saturated heterocycles. The summed E-state index contributed by atoms with van der Waals surface area (Å²) in [6, 6.07) is 0. The van der Waals surface area contributed by atoms with Gasteiger partial charge in [0.1, 0.15) is 5.78 Å². The molecule has 3 saturated carbocycles. The zero-order chi connectivity index (χ0) is 15.7. The van der Waals surface area contributed by atoms with Crippen LogP contribution in [0.2, 0.25) is 0 Å². The quantitative estimate of drug-likeness (QED) is 0.690. The zero-order valence-electron chi connectivity index (χ0n) is 13.3. The van der Waals surface area contributed by atoms with E-state index in [1.807, 2.05) is 6.08 Å². The smallest absolute Gasteiger partial charge is 0.178 e. The molecule has 0 aromatic rings. The van der Waals surface area contributed by atoms with Gasteiger partial charge in [0.05, 0.1) is 0 Å². The maximum Gasteiger partial charge on any atom is 0.178 e. The first kappa shape index (κ1) is 14.7. The first-order chi connectivity index (χ1) is 10.4. The van der Waals surface area contributed by atoms with Crippen molar-refractivity contribution in [3.05, 3.63) is 23.8 Å². The van der Waals surface area contributed by atoms with Crippen LogP contribution in [-0.2, 0) is 9.59 Å². The number of rotatable bonds is 0. The Morgan fingerprint density at radius 3 is 2.73 bits per heavy atom. The average molecular weight is 316 g/mol. The van der Waals surface area contributed by atoms with Gasteiger partial charge in [-0.25, -0.2) is 0 Å². The third kappa shape index (κ3) is 1.75. The molecule has 3 fully saturated rings. The number of ketones is 2. The summed E-state index contributed by atoms with van der Waals surface area (Å²) in [5, 5.41) is 0.277. The van der Waals surface area contributed by atoms with Gasteiger partial charge in [-0.3, -0.25) is 9.59 Å². The Kier molecular flexibility index (Phi) is 3.08. The SMILES string of the molecule is C[C@]12C=CC(=O)C=C1C[C@@H](S)[C@@H]1[C@@H]2CC[C@]2(C)C(=O)CC[C@@H]12. The highest BCUT2D eigenvalue weighted by atomic mass is 32.1. The van der Waals surface area contributed by atoms with Crippen LogP contribution in [-0.4, -0.2) is 16.8 Å². The van der Waals surface area contributed by atoms with E-state index in [-0.39, 0.29) is 21.9 Å². The Hall–Kier alpha value is -0.830. The molecule has 4 aliphatic rings. The van der Waals surface area contributed by atoms with E-state index in [0.717, 1.165) is 32.1 Å². The number of carbonyl (C=O) groups excluding carboxylic acids is 2. The molecule has 0 aromatic carbocycles. The van der Waals surface area contributed by atoms with Crippen molar-refractivity contribution in [3.8, 4) is 0 Å². The van der Waals surface area contributed by atoms with Gasteiger partial charge in [0.25, 0.3) is 0 Å². The maximum absolute atomic E-state index is 12.4. The highest BCUT2D eigenvalue weighted by molar-refractivity contribution is 7.81. The average Bonchev–Trinajstić information content (AvgIpc) is 2.77. The molecule has 0 aromatic heterocycles. The fourth-order valence-electron chi connectivity index (χ4n) is 5.94. The lowest BCUT2D eigenvalue weighted by Gasteiger charge is -2.57. The van der Waals surface area contributed by atoms with Gasteiger partial charge in [0, 0.05) is 22.5 Å². The van der Waals surface area contributed by atoms with Crippen molar-refractivity contribution >= 4 is 24.2 Å². The molecule has 2 nitrogen and oxygen atoms in total. The predicted octanol–water partition coefficient (Wildman–Crippen LogP) is 3.77. The van der Waals surface area contributed by atoms with Gasteiger partial charge >= 0.3 is 0 Å². The zero-order valence-corrected chi connectivity index (χ0v) is 14.2. The van der Waals surface area contributed by atoms with Crippen LogP contribution in [0.4, 0.5) is 0 Å². The number of fused-ring (bicyclic) bond motifs is 5. The van der Waals surface area contributed by atoms with Crippen molar-refractivity contribution in [1.82, 2.24) is 0 Å². The van der Waals surface area contributed by atoms with E-state index >= 15 is 0 Å². The Bertz CT molecular complexity index is 619. The van der Waals surface area contributed by atoms with Crippen LogP contribution in [0.25, 0.3) is 0 Å². The monoisotopic (exact) mass is 316 g/mol. The molecule has 22 heavy (non-hydrogen) atoms. The molecule has 0 amide bonds. The second kappa shape index (κ2) is 4.59. The third-order valence-electron chi connectivity index (χ3n) is 7.29. The Morgan fingerprint density at radius 1 is 1.18 bits per heavy atom. The highest BCUT2D eigenvalue weighted by Crippen LogP contribution is 2.64. The first-order valence-corrected chi connectivity index (χ1v) is 9.03. The molecule has 0 heterocycles. The lowest BCUT2D eigenvalue weighted by Crippen LogP contribution is -2.53. The van der Waals surface area contributed by atoms with Gasteiger partial charge < -0.3 is 0 Å². The molecule has 118 valence electrons. The number of allylic oxidation sites excluding steroid dienone is 4. The molecule has 0 bridgehead atoms. The van der Waals surface area contributed by atoms with Gasteiger partial charge in [-0.15, -0.1) is 0 Å². The van der Waals surface area contributed by atoms with Crippen LogP contribution in [0.1, 0.15) is 46.0 Å². The van der Waals surface area contributed by atoms with Crippen LogP contribution in [0.15, 0.2) is 23.8 Å². The second-order valence-electron chi connectivity index (χ2n) is 8.17. The molecule has 0 aliphatic heterocycles. The summed E-state index contributed by atoms with van der Waals surface area (Å²) in [6.07, 6.45) is 10.5. The van der Waals surface area contributed by atoms with Crippen LogP contribution in [0.5, 0.6) is 0 Å². The van der Waals surface area contributed by atoms with Crippen LogP contribution < -0.4 is 0 Å². The molecule has 0 radical (unpaired) electrons. The Labute approximate surface area is 137 Å². The lowest BCUT2D eigenvalue weighted by atomic mass is 9.48. The van der Waals surface area contributed by atoms with E-state index in [0.29, 0.717) is 23.5 Å². The van der Waals surface area contributed by atoms with E-state index in [1.165, 1.54) is 5.57 Å². The lowest BCUT2D eigenvalue weighted by molar-refractivity contribution is -0.131. The number of thiol groups is 1. The second-order valence-corrected chi connectivity index (χ2v) is 8.83. The van der Waals surface area contributed by atoms with Crippen molar-refractivity contribution in [2.24, 2.45) is 28.6 Å². The van der Waals surface area contributed by atoms with Crippen molar-refractivity contribution in [2.45, 2.75) is 51.2 Å². The molecule has 3 heteroatoms. The minimum absolute atomic E-state index is 0.00915. The minimum atomic E-state index is -0.117. The van der Waals surface area contributed by atoms with Gasteiger partial charge in [-0.1, -0.05) is 25.5 Å². The fraction of sp³-hybridized carbons (Fsp3) is 0.684. The van der Waals surface area contributed by atoms with Crippen molar-refractivity contribution in [2.75, 3.05) is 0 Å². The number of Topliss-reactive ketones (excluding diaryl/α,β-unsaturated/α-hetero) is 1. The van der Waals surface area contributed by atoms with Crippen molar-refractivity contribution in [1.29, 1.82) is 0 Å². The molecule has 4 rings (SSSR count). The summed E-state index contributed by atoms with van der Waals surface area (Å²) >= 11 is 4.93. The van der Waals surface area contributed by atoms with E-state index in [4.69, 9.17) is 12.6 Å². The summed E-state index contributed by atoms with van der Waals surface area (Å²) in [7, 11) is 0. The highest BCUT2D eigenvalue weighted by Gasteiger charge is 2.60. The van der Waals surface area contributed by atoms with E-state index in [9.17, 15) is 9.59 Å². The van der Waals surface area contributed by atoms with E-state index < -0.39 is 0 Å². The van der Waals surface area contributed by atoms with Gasteiger partial charge in [-0.05, 0) is 55.6 Å². The molecule has 0 unspecified atom stereocenters. The Balaban J connectivity index is 1.77. The van der Waals surface area contributed by atoms with E-state index in [1.54, 1.807) is 6.08 Å². The summed E-state index contributed by atoms with van der Waals surface area (Å²) in [5.41, 5.74) is 1.13. The van der Waals surface area contributed by atoms with Gasteiger partial charge in [0.2, 0.25) is 0 Å². The van der Waals surface area contributed by atoms with Crippen molar-refractivity contribution < 1.29 is 9.59 Å². The van der Waals surface area contributed by atoms with Crippen LogP contribution >= 0.6 is 12.6 Å². The molecule has 4 aliphatic carbocycles. The largest absolute Gasteiger partial charge is 0.299 e. The molecule has 0 spiro atoms. The summed E-state index contributed by atoms with van der Waals surface area (Å²) in [5.74, 6) is 2.07. The fourth-order valence-corrected chi connectivity index (χ4v) is 6.56. The minimum Gasteiger partial charge on any atom is -0.299 e. The standard InChI is InChI=1S/C19H24O2S/c1-18-7-5-12(20)9-11(18)10-15(22)17-13-3-4-16(21)19(13,2)8-6-14(17)18/h5,7,9,13-15,17,22H,3-4,6,8,10H2,1-2H3/t13-,14-,15+,17-,18-,19-/m0/s1. The summed E-state index contributed by atoms with van der Waals surface area (Å²) < 4.78 is 0.